The van der Waals surface area contributed by atoms with Gasteiger partial charge in [0.25, 0.3) is 0 Å². The van der Waals surface area contributed by atoms with E-state index in [1.54, 1.807) is 11.8 Å². The zero-order valence-electron chi connectivity index (χ0n) is 6.62. The lowest BCUT2D eigenvalue weighted by Crippen LogP contribution is -2.09. The highest BCUT2D eigenvalue weighted by Crippen LogP contribution is 2.19. The average Bonchev–Trinajstić information content (AvgIpc) is 1.84. The lowest BCUT2D eigenvalue weighted by atomic mass is 10.2. The van der Waals surface area contributed by atoms with Gasteiger partial charge in [0.1, 0.15) is 0 Å². The van der Waals surface area contributed by atoms with Crippen LogP contribution in [0.25, 0.3) is 0 Å². The highest BCUT2D eigenvalue weighted by molar-refractivity contribution is 8.00. The van der Waals surface area contributed by atoms with Crippen molar-refractivity contribution < 1.29 is 0 Å². The Morgan fingerprint density at radius 1 is 1.44 bits per heavy atom. The normalized spacial score (nSPS) is 10.2. The zero-order valence-corrected chi connectivity index (χ0v) is 7.43. The van der Waals surface area contributed by atoms with E-state index < -0.39 is 0 Å². The van der Waals surface area contributed by atoms with Crippen LogP contribution in [-0.2, 0) is 0 Å². The van der Waals surface area contributed by atoms with Crippen LogP contribution in [0.4, 0.5) is 0 Å². The molecule has 0 fully saturated rings. The second-order valence-electron chi connectivity index (χ2n) is 2.37. The van der Waals surface area contributed by atoms with Gasteiger partial charge in [-0.05, 0) is 20.1 Å². The summed E-state index contributed by atoms with van der Waals surface area (Å²) in [4.78, 5) is 0. The summed E-state index contributed by atoms with van der Waals surface area (Å²) >= 11 is 1.79. The molecule has 0 aromatic rings. The number of thioether (sulfide) groups is 1. The van der Waals surface area contributed by atoms with E-state index >= 15 is 0 Å². The number of rotatable bonds is 1. The van der Waals surface area contributed by atoms with Crippen molar-refractivity contribution >= 4 is 11.8 Å². The Kier molecular flexibility index (Phi) is 3.81. The molecule has 1 heteroatoms. The minimum absolute atomic E-state index is 0.149. The van der Waals surface area contributed by atoms with Crippen LogP contribution in [0.1, 0.15) is 27.2 Å². The fraction of sp³-hybridized carbons (Fsp3) is 0.750. The maximum absolute atomic E-state index is 3.17. The SMILES string of the molecule is CCC#CC(C)(C)SC. The van der Waals surface area contributed by atoms with Gasteiger partial charge in [0.15, 0.2) is 0 Å². The highest BCUT2D eigenvalue weighted by atomic mass is 32.2. The molecule has 9 heavy (non-hydrogen) atoms. The van der Waals surface area contributed by atoms with E-state index in [1.165, 1.54) is 0 Å². The van der Waals surface area contributed by atoms with Crippen LogP contribution in [0.3, 0.4) is 0 Å². The fourth-order valence-electron chi connectivity index (χ4n) is 0.352. The Hall–Kier alpha value is -0.0900. The van der Waals surface area contributed by atoms with E-state index in [4.69, 9.17) is 0 Å². The topological polar surface area (TPSA) is 0 Å². The van der Waals surface area contributed by atoms with Gasteiger partial charge in [-0.25, -0.2) is 0 Å². The molecular weight excluding hydrogens is 128 g/mol. The van der Waals surface area contributed by atoms with Crippen molar-refractivity contribution in [2.75, 3.05) is 6.26 Å². The van der Waals surface area contributed by atoms with Gasteiger partial charge in [0, 0.05) is 6.42 Å². The minimum atomic E-state index is 0.149. The van der Waals surface area contributed by atoms with Crippen molar-refractivity contribution in [2.45, 2.75) is 31.9 Å². The Morgan fingerprint density at radius 3 is 2.33 bits per heavy atom. The summed E-state index contributed by atoms with van der Waals surface area (Å²) in [6.07, 6.45) is 3.05. The second-order valence-corrected chi connectivity index (χ2v) is 3.80. The van der Waals surface area contributed by atoms with Crippen molar-refractivity contribution in [1.29, 1.82) is 0 Å². The molecule has 0 aliphatic carbocycles. The van der Waals surface area contributed by atoms with E-state index in [0.29, 0.717) is 0 Å². The Morgan fingerprint density at radius 2 is 2.00 bits per heavy atom. The van der Waals surface area contributed by atoms with Crippen molar-refractivity contribution in [3.05, 3.63) is 0 Å². The Bertz CT molecular complexity index is 125. The van der Waals surface area contributed by atoms with Crippen LogP contribution >= 0.6 is 11.8 Å². The lowest BCUT2D eigenvalue weighted by Gasteiger charge is -2.12. The molecule has 52 valence electrons. The van der Waals surface area contributed by atoms with Gasteiger partial charge in [0.2, 0.25) is 0 Å². The van der Waals surface area contributed by atoms with E-state index in [-0.39, 0.29) is 4.75 Å². The molecule has 0 amide bonds. The Labute approximate surface area is 62.4 Å². The maximum atomic E-state index is 3.17. The van der Waals surface area contributed by atoms with E-state index in [1.807, 2.05) is 0 Å². The summed E-state index contributed by atoms with van der Waals surface area (Å²) in [6.45, 7) is 6.35. The van der Waals surface area contributed by atoms with E-state index in [2.05, 4.69) is 38.9 Å². The molecule has 0 radical (unpaired) electrons. The quantitative estimate of drug-likeness (QED) is 0.507. The first-order valence-corrected chi connectivity index (χ1v) is 4.40. The predicted molar refractivity (Wildman–Crippen MR) is 45.7 cm³/mol. The fourth-order valence-corrected chi connectivity index (χ4v) is 0.527. The maximum Gasteiger partial charge on any atom is 0.0706 e. The van der Waals surface area contributed by atoms with Crippen LogP contribution in [0, 0.1) is 11.8 Å². The van der Waals surface area contributed by atoms with Crippen molar-refractivity contribution in [3.63, 3.8) is 0 Å². The van der Waals surface area contributed by atoms with Crippen LogP contribution < -0.4 is 0 Å². The van der Waals surface area contributed by atoms with E-state index in [9.17, 15) is 0 Å². The highest BCUT2D eigenvalue weighted by Gasteiger charge is 2.09. The van der Waals surface area contributed by atoms with Gasteiger partial charge < -0.3 is 0 Å². The van der Waals surface area contributed by atoms with Gasteiger partial charge in [0.05, 0.1) is 4.75 Å². The molecule has 0 aromatic heterocycles. The average molecular weight is 142 g/mol. The molecule has 0 bridgehead atoms. The lowest BCUT2D eigenvalue weighted by molar-refractivity contribution is 0.934. The molecule has 0 N–H and O–H groups in total. The summed E-state index contributed by atoms with van der Waals surface area (Å²) in [5.41, 5.74) is 0. The van der Waals surface area contributed by atoms with Gasteiger partial charge >= 0.3 is 0 Å². The summed E-state index contributed by atoms with van der Waals surface area (Å²) in [5.74, 6) is 6.24. The zero-order chi connectivity index (χ0) is 7.33. The molecule has 0 spiro atoms. The third-order valence-corrected chi connectivity index (χ3v) is 2.20. The summed E-state index contributed by atoms with van der Waals surface area (Å²) in [6, 6.07) is 0. The molecule has 0 aromatic carbocycles. The first-order chi connectivity index (χ1) is 4.12. The van der Waals surface area contributed by atoms with Crippen LogP contribution in [0.15, 0.2) is 0 Å². The molecule has 0 rings (SSSR count). The van der Waals surface area contributed by atoms with Crippen molar-refractivity contribution in [3.8, 4) is 11.8 Å². The largest absolute Gasteiger partial charge is 0.146 e. The first kappa shape index (κ1) is 8.91. The molecular formula is C8H14S. The van der Waals surface area contributed by atoms with Gasteiger partial charge in [-0.15, -0.1) is 17.7 Å². The summed E-state index contributed by atoms with van der Waals surface area (Å²) in [7, 11) is 0. The molecule has 0 aliphatic rings. The molecule has 0 saturated carbocycles. The third kappa shape index (κ3) is 4.42. The van der Waals surface area contributed by atoms with Gasteiger partial charge in [-0.1, -0.05) is 12.8 Å². The number of hydrogen-bond acceptors (Lipinski definition) is 1. The van der Waals surface area contributed by atoms with Gasteiger partial charge in [-0.2, -0.15) is 0 Å². The molecule has 0 heterocycles. The van der Waals surface area contributed by atoms with Crippen molar-refractivity contribution in [2.24, 2.45) is 0 Å². The van der Waals surface area contributed by atoms with E-state index in [0.717, 1.165) is 6.42 Å². The third-order valence-electron chi connectivity index (χ3n) is 1.08. The molecule has 0 saturated heterocycles. The van der Waals surface area contributed by atoms with Crippen LogP contribution in [0.2, 0.25) is 0 Å². The first-order valence-electron chi connectivity index (χ1n) is 3.17. The molecule has 0 aliphatic heterocycles. The Balaban J connectivity index is 3.84. The number of hydrogen-bond donors (Lipinski definition) is 0. The predicted octanol–water partition coefficient (Wildman–Crippen LogP) is 2.54. The molecule has 0 unspecified atom stereocenters. The summed E-state index contributed by atoms with van der Waals surface area (Å²) in [5, 5.41) is 0. The molecule has 0 nitrogen and oxygen atoms in total. The smallest absolute Gasteiger partial charge is 0.0706 e. The summed E-state index contributed by atoms with van der Waals surface area (Å²) < 4.78 is 0.149. The minimum Gasteiger partial charge on any atom is -0.146 e. The monoisotopic (exact) mass is 142 g/mol. The van der Waals surface area contributed by atoms with Gasteiger partial charge in [-0.3, -0.25) is 0 Å². The van der Waals surface area contributed by atoms with Crippen LogP contribution in [0.5, 0.6) is 0 Å². The van der Waals surface area contributed by atoms with Crippen LogP contribution in [-0.4, -0.2) is 11.0 Å². The van der Waals surface area contributed by atoms with Crippen molar-refractivity contribution in [1.82, 2.24) is 0 Å². The second kappa shape index (κ2) is 3.85. The standard InChI is InChI=1S/C8H14S/c1-5-6-7-8(2,3)9-4/h5H2,1-4H3. The molecule has 0 atom stereocenters.